The zero-order valence-corrected chi connectivity index (χ0v) is 13.3. The van der Waals surface area contributed by atoms with Crippen LogP contribution < -0.4 is 11.2 Å². The summed E-state index contributed by atoms with van der Waals surface area (Å²) in [6.45, 7) is 1.88. The fourth-order valence-electron chi connectivity index (χ4n) is 2.43. The van der Waals surface area contributed by atoms with Gasteiger partial charge in [0.25, 0.3) is 5.56 Å². The normalized spacial score (nSPS) is 26.3. The molecule has 1 aromatic heterocycles. The average molecular weight is 341 g/mol. The number of azide groups is 1. The molecule has 1 aliphatic rings. The molecule has 2 heterocycles. The molecule has 11 heteroatoms. The van der Waals surface area contributed by atoms with Gasteiger partial charge in [-0.1, -0.05) is 5.11 Å². The SMILES string of the molecule is COCCOC1C(O)C(CN=[N+]=[N-])OC1n1cc(C)c(=O)[nH]c1=O. The third kappa shape index (κ3) is 3.83. The minimum absolute atomic E-state index is 0.116. The molecule has 1 aliphatic heterocycles. The van der Waals surface area contributed by atoms with Crippen molar-refractivity contribution in [3.8, 4) is 0 Å². The van der Waals surface area contributed by atoms with Gasteiger partial charge in [0, 0.05) is 23.8 Å². The highest BCUT2D eigenvalue weighted by Gasteiger charge is 2.45. The van der Waals surface area contributed by atoms with Crippen LogP contribution in [0.2, 0.25) is 0 Å². The third-order valence-corrected chi connectivity index (χ3v) is 3.66. The van der Waals surface area contributed by atoms with Crippen molar-refractivity contribution >= 4 is 0 Å². The summed E-state index contributed by atoms with van der Waals surface area (Å²) in [5.41, 5.74) is 7.54. The lowest BCUT2D eigenvalue weighted by molar-refractivity contribution is -0.0793. The lowest BCUT2D eigenvalue weighted by atomic mass is 10.1. The maximum Gasteiger partial charge on any atom is 0.330 e. The molecule has 2 N–H and O–H groups in total. The number of aliphatic hydroxyl groups excluding tert-OH is 1. The first-order chi connectivity index (χ1) is 11.5. The number of aliphatic hydroxyl groups is 1. The molecule has 0 radical (unpaired) electrons. The van der Waals surface area contributed by atoms with Crippen LogP contribution in [0, 0.1) is 6.92 Å². The maximum absolute atomic E-state index is 12.1. The third-order valence-electron chi connectivity index (χ3n) is 3.66. The van der Waals surface area contributed by atoms with Gasteiger partial charge in [-0.3, -0.25) is 14.3 Å². The van der Waals surface area contributed by atoms with Crippen molar-refractivity contribution in [2.24, 2.45) is 5.11 Å². The first-order valence-corrected chi connectivity index (χ1v) is 7.26. The Morgan fingerprint density at radius 1 is 1.50 bits per heavy atom. The van der Waals surface area contributed by atoms with Crippen molar-refractivity contribution in [1.29, 1.82) is 0 Å². The fraction of sp³-hybridized carbons (Fsp3) is 0.692. The molecule has 11 nitrogen and oxygen atoms in total. The van der Waals surface area contributed by atoms with E-state index in [1.807, 2.05) is 0 Å². The maximum atomic E-state index is 12.1. The quantitative estimate of drug-likeness (QED) is 0.294. The lowest BCUT2D eigenvalue weighted by Gasteiger charge is -2.22. The van der Waals surface area contributed by atoms with Crippen molar-refractivity contribution in [3.63, 3.8) is 0 Å². The summed E-state index contributed by atoms with van der Waals surface area (Å²) >= 11 is 0. The van der Waals surface area contributed by atoms with Crippen molar-refractivity contribution < 1.29 is 19.3 Å². The van der Waals surface area contributed by atoms with E-state index in [9.17, 15) is 14.7 Å². The van der Waals surface area contributed by atoms with E-state index < -0.39 is 35.8 Å². The molecule has 1 fully saturated rings. The number of hydrogen-bond donors (Lipinski definition) is 2. The summed E-state index contributed by atoms with van der Waals surface area (Å²) in [6.07, 6.45) is -2.48. The van der Waals surface area contributed by atoms with Crippen molar-refractivity contribution in [2.75, 3.05) is 26.9 Å². The van der Waals surface area contributed by atoms with Gasteiger partial charge in [-0.2, -0.15) is 0 Å². The Morgan fingerprint density at radius 2 is 2.25 bits per heavy atom. The van der Waals surface area contributed by atoms with Gasteiger partial charge in [0.05, 0.1) is 25.9 Å². The molecule has 4 unspecified atom stereocenters. The molecule has 2 rings (SSSR count). The Labute approximate surface area is 136 Å². The predicted octanol–water partition coefficient (Wildman–Crippen LogP) is -0.555. The van der Waals surface area contributed by atoms with E-state index in [-0.39, 0.29) is 19.8 Å². The van der Waals surface area contributed by atoms with E-state index in [0.717, 1.165) is 4.57 Å². The van der Waals surface area contributed by atoms with Crippen LogP contribution in [-0.4, -0.2) is 59.8 Å². The Balaban J connectivity index is 2.32. The minimum Gasteiger partial charge on any atom is -0.388 e. The molecule has 24 heavy (non-hydrogen) atoms. The van der Waals surface area contributed by atoms with Gasteiger partial charge in [-0.05, 0) is 12.5 Å². The number of aryl methyl sites for hydroxylation is 1. The largest absolute Gasteiger partial charge is 0.388 e. The molecule has 4 atom stereocenters. The standard InChI is InChI=1S/C13H19N5O6/c1-7-6-18(13(21)16-11(7)20)12-10(23-4-3-22-2)9(19)8(24-12)5-15-17-14/h6,8-10,12,19H,3-5H2,1-2H3,(H,16,20,21). The highest BCUT2D eigenvalue weighted by Crippen LogP contribution is 2.31. The second kappa shape index (κ2) is 8.08. The number of methoxy groups -OCH3 is 1. The summed E-state index contributed by atoms with van der Waals surface area (Å²) in [4.78, 5) is 28.4. The molecule has 1 aromatic rings. The number of ether oxygens (including phenoxy) is 3. The van der Waals surface area contributed by atoms with E-state index in [0.29, 0.717) is 5.56 Å². The van der Waals surface area contributed by atoms with Crippen molar-refractivity contribution in [3.05, 3.63) is 43.0 Å². The van der Waals surface area contributed by atoms with Crippen LogP contribution in [0.4, 0.5) is 0 Å². The number of nitrogens with one attached hydrogen (secondary N) is 1. The molecule has 0 aromatic carbocycles. The smallest absolute Gasteiger partial charge is 0.330 e. The summed E-state index contributed by atoms with van der Waals surface area (Å²) in [7, 11) is 1.50. The fourth-order valence-corrected chi connectivity index (χ4v) is 2.43. The monoisotopic (exact) mass is 341 g/mol. The number of aromatic nitrogens is 2. The number of H-pyrrole nitrogens is 1. The molecule has 0 bridgehead atoms. The average Bonchev–Trinajstić information content (AvgIpc) is 2.85. The van der Waals surface area contributed by atoms with E-state index in [1.165, 1.54) is 13.3 Å². The van der Waals surface area contributed by atoms with Crippen LogP contribution in [0.5, 0.6) is 0 Å². The van der Waals surface area contributed by atoms with Gasteiger partial charge in [0.1, 0.15) is 12.2 Å². The van der Waals surface area contributed by atoms with Crippen molar-refractivity contribution in [2.45, 2.75) is 31.5 Å². The molecule has 0 spiro atoms. The molecular formula is C13H19N5O6. The molecule has 0 saturated carbocycles. The Morgan fingerprint density at radius 3 is 2.92 bits per heavy atom. The molecule has 132 valence electrons. The van der Waals surface area contributed by atoms with Gasteiger partial charge in [0.15, 0.2) is 6.23 Å². The Kier molecular flexibility index (Phi) is 6.12. The van der Waals surface area contributed by atoms with E-state index in [1.54, 1.807) is 6.92 Å². The van der Waals surface area contributed by atoms with Gasteiger partial charge >= 0.3 is 5.69 Å². The molecule has 1 saturated heterocycles. The minimum atomic E-state index is -1.11. The Bertz CT molecular complexity index is 724. The van der Waals surface area contributed by atoms with Crippen LogP contribution >= 0.6 is 0 Å². The van der Waals surface area contributed by atoms with Gasteiger partial charge in [-0.15, -0.1) is 0 Å². The van der Waals surface area contributed by atoms with Crippen LogP contribution in [0.25, 0.3) is 10.4 Å². The first kappa shape index (κ1) is 18.2. The topological polar surface area (TPSA) is 152 Å². The first-order valence-electron chi connectivity index (χ1n) is 7.26. The number of aromatic amines is 1. The molecule has 0 aliphatic carbocycles. The summed E-state index contributed by atoms with van der Waals surface area (Å²) < 4.78 is 17.3. The van der Waals surface area contributed by atoms with Crippen LogP contribution in [0.15, 0.2) is 20.9 Å². The van der Waals surface area contributed by atoms with Gasteiger partial charge in [-0.25, -0.2) is 4.79 Å². The lowest BCUT2D eigenvalue weighted by Crippen LogP contribution is -2.40. The summed E-state index contributed by atoms with van der Waals surface area (Å²) in [6, 6.07) is 0. The highest BCUT2D eigenvalue weighted by molar-refractivity contribution is 5.03. The van der Waals surface area contributed by atoms with Crippen molar-refractivity contribution in [1.82, 2.24) is 9.55 Å². The number of nitrogens with zero attached hydrogens (tertiary/aromatic N) is 4. The van der Waals surface area contributed by atoms with Crippen LogP contribution in [0.1, 0.15) is 11.8 Å². The van der Waals surface area contributed by atoms with Gasteiger partial charge in [0.2, 0.25) is 0 Å². The van der Waals surface area contributed by atoms with E-state index >= 15 is 0 Å². The summed E-state index contributed by atoms with van der Waals surface area (Å²) in [5, 5.41) is 13.7. The second-order valence-corrected chi connectivity index (χ2v) is 5.28. The number of rotatable bonds is 7. The van der Waals surface area contributed by atoms with Crippen LogP contribution in [-0.2, 0) is 14.2 Å². The highest BCUT2D eigenvalue weighted by atomic mass is 16.6. The number of hydrogen-bond acceptors (Lipinski definition) is 7. The molecule has 0 amide bonds. The zero-order valence-electron chi connectivity index (χ0n) is 13.3. The van der Waals surface area contributed by atoms with Gasteiger partial charge < -0.3 is 19.3 Å². The van der Waals surface area contributed by atoms with Crippen LogP contribution in [0.3, 0.4) is 0 Å². The zero-order chi connectivity index (χ0) is 17.7. The van der Waals surface area contributed by atoms with E-state index in [2.05, 4.69) is 15.0 Å². The summed E-state index contributed by atoms with van der Waals surface area (Å²) in [5.74, 6) is 0. The molecular weight excluding hydrogens is 322 g/mol. The predicted molar refractivity (Wildman–Crippen MR) is 81.6 cm³/mol. The van der Waals surface area contributed by atoms with E-state index in [4.69, 9.17) is 19.7 Å². The second-order valence-electron chi connectivity index (χ2n) is 5.28. The Hall–Kier alpha value is -2.17.